The molecule has 0 radical (unpaired) electrons. The molecular formula is C9H10ClF2NO. The summed E-state index contributed by atoms with van der Waals surface area (Å²) in [5.41, 5.74) is 0.485. The Morgan fingerprint density at radius 1 is 1.57 bits per heavy atom. The standard InChI is InChI=1S/C9H10ClF2NO/c1-5-7(14-2)3-6(4-10)8(13-5)9(11)12/h3,9H,4H2,1-2H3. The molecule has 1 heterocycles. The largest absolute Gasteiger partial charge is 0.495 e. The fourth-order valence-electron chi connectivity index (χ4n) is 1.15. The van der Waals surface area contributed by atoms with Gasteiger partial charge in [0, 0.05) is 5.88 Å². The van der Waals surface area contributed by atoms with Crippen LogP contribution in [0.5, 0.6) is 5.75 Å². The third-order valence-corrected chi connectivity index (χ3v) is 2.14. The molecule has 1 rings (SSSR count). The molecule has 1 aromatic rings. The fourth-order valence-corrected chi connectivity index (χ4v) is 1.36. The van der Waals surface area contributed by atoms with Gasteiger partial charge in [-0.25, -0.2) is 13.8 Å². The maximum absolute atomic E-state index is 12.5. The number of rotatable bonds is 3. The Morgan fingerprint density at radius 2 is 2.21 bits per heavy atom. The lowest BCUT2D eigenvalue weighted by atomic mass is 10.2. The Hall–Kier alpha value is -0.900. The minimum absolute atomic E-state index is 0.00329. The molecule has 0 aromatic carbocycles. The number of nitrogens with zero attached hydrogens (tertiary/aromatic N) is 1. The lowest BCUT2D eigenvalue weighted by Crippen LogP contribution is -2.01. The van der Waals surface area contributed by atoms with Crippen LogP contribution in [0.3, 0.4) is 0 Å². The number of alkyl halides is 3. The molecular weight excluding hydrogens is 212 g/mol. The van der Waals surface area contributed by atoms with Crippen molar-refractivity contribution in [2.45, 2.75) is 19.2 Å². The van der Waals surface area contributed by atoms with Crippen LogP contribution in [0.4, 0.5) is 8.78 Å². The first kappa shape index (κ1) is 11.2. The number of halogens is 3. The summed E-state index contributed by atoms with van der Waals surface area (Å²) in [5.74, 6) is 0.480. The molecule has 14 heavy (non-hydrogen) atoms. The van der Waals surface area contributed by atoms with Crippen LogP contribution in [0.15, 0.2) is 6.07 Å². The Kier molecular flexibility index (Phi) is 3.63. The van der Waals surface area contributed by atoms with Crippen LogP contribution in [0, 0.1) is 6.92 Å². The highest BCUT2D eigenvalue weighted by Crippen LogP contribution is 2.27. The normalized spacial score (nSPS) is 10.7. The molecule has 0 N–H and O–H groups in total. The van der Waals surface area contributed by atoms with E-state index in [-0.39, 0.29) is 11.6 Å². The van der Waals surface area contributed by atoms with Crippen molar-refractivity contribution >= 4 is 11.6 Å². The second kappa shape index (κ2) is 4.55. The van der Waals surface area contributed by atoms with Gasteiger partial charge in [0.2, 0.25) is 0 Å². The summed E-state index contributed by atoms with van der Waals surface area (Å²) in [4.78, 5) is 3.75. The molecule has 78 valence electrons. The average Bonchev–Trinajstić information content (AvgIpc) is 2.17. The Morgan fingerprint density at radius 3 is 2.64 bits per heavy atom. The highest BCUT2D eigenvalue weighted by Gasteiger charge is 2.16. The molecule has 0 unspecified atom stereocenters. The zero-order valence-corrected chi connectivity index (χ0v) is 8.61. The van der Waals surface area contributed by atoms with Crippen LogP contribution in [0.1, 0.15) is 23.4 Å². The Bertz CT molecular complexity index is 331. The first-order valence-electron chi connectivity index (χ1n) is 3.98. The molecule has 0 fully saturated rings. The fraction of sp³-hybridized carbons (Fsp3) is 0.444. The van der Waals surface area contributed by atoms with E-state index in [1.807, 2.05) is 0 Å². The van der Waals surface area contributed by atoms with Gasteiger partial charge >= 0.3 is 0 Å². The van der Waals surface area contributed by atoms with E-state index in [2.05, 4.69) is 4.98 Å². The van der Waals surface area contributed by atoms with Gasteiger partial charge in [0.05, 0.1) is 12.8 Å². The molecule has 0 spiro atoms. The van der Waals surface area contributed by atoms with E-state index in [4.69, 9.17) is 16.3 Å². The minimum Gasteiger partial charge on any atom is -0.495 e. The maximum atomic E-state index is 12.5. The summed E-state index contributed by atoms with van der Waals surface area (Å²) in [7, 11) is 1.46. The van der Waals surface area contributed by atoms with E-state index < -0.39 is 6.43 Å². The van der Waals surface area contributed by atoms with Gasteiger partial charge in [-0.2, -0.15) is 0 Å². The summed E-state index contributed by atoms with van der Waals surface area (Å²) in [6.07, 6.45) is -2.60. The van der Waals surface area contributed by atoms with Gasteiger partial charge < -0.3 is 4.74 Å². The van der Waals surface area contributed by atoms with E-state index in [0.717, 1.165) is 0 Å². The van der Waals surface area contributed by atoms with Crippen LogP contribution in [-0.4, -0.2) is 12.1 Å². The number of hydrogen-bond acceptors (Lipinski definition) is 2. The van der Waals surface area contributed by atoms with Crippen molar-refractivity contribution in [3.05, 3.63) is 23.0 Å². The van der Waals surface area contributed by atoms with E-state index in [1.54, 1.807) is 6.92 Å². The van der Waals surface area contributed by atoms with Gasteiger partial charge in [0.1, 0.15) is 11.4 Å². The summed E-state index contributed by atoms with van der Waals surface area (Å²) >= 11 is 5.53. The summed E-state index contributed by atoms with van der Waals surface area (Å²) in [6, 6.07) is 1.50. The molecule has 5 heteroatoms. The van der Waals surface area contributed by atoms with Crippen molar-refractivity contribution in [3.63, 3.8) is 0 Å². The summed E-state index contributed by atoms with van der Waals surface area (Å²) in [6.45, 7) is 1.61. The highest BCUT2D eigenvalue weighted by molar-refractivity contribution is 6.17. The molecule has 0 amide bonds. The van der Waals surface area contributed by atoms with E-state index >= 15 is 0 Å². The third-order valence-electron chi connectivity index (χ3n) is 1.85. The number of aromatic nitrogens is 1. The second-order valence-electron chi connectivity index (χ2n) is 2.75. The lowest BCUT2D eigenvalue weighted by Gasteiger charge is -2.10. The van der Waals surface area contributed by atoms with Gasteiger partial charge in [-0.3, -0.25) is 0 Å². The number of methoxy groups -OCH3 is 1. The summed E-state index contributed by atoms with van der Waals surface area (Å²) < 4.78 is 29.9. The molecule has 0 saturated carbocycles. The first-order chi connectivity index (χ1) is 6.60. The maximum Gasteiger partial charge on any atom is 0.280 e. The van der Waals surface area contributed by atoms with E-state index in [0.29, 0.717) is 17.0 Å². The smallest absolute Gasteiger partial charge is 0.280 e. The van der Waals surface area contributed by atoms with Crippen molar-refractivity contribution in [1.29, 1.82) is 0 Å². The molecule has 0 aliphatic carbocycles. The van der Waals surface area contributed by atoms with Crippen LogP contribution in [0.2, 0.25) is 0 Å². The Balaban J connectivity index is 3.24. The third kappa shape index (κ3) is 2.12. The quantitative estimate of drug-likeness (QED) is 0.732. The average molecular weight is 222 g/mol. The van der Waals surface area contributed by atoms with Gasteiger partial charge in [-0.05, 0) is 18.6 Å². The van der Waals surface area contributed by atoms with Crippen LogP contribution in [-0.2, 0) is 5.88 Å². The van der Waals surface area contributed by atoms with Gasteiger partial charge in [-0.1, -0.05) is 0 Å². The van der Waals surface area contributed by atoms with E-state index in [1.165, 1.54) is 13.2 Å². The highest BCUT2D eigenvalue weighted by atomic mass is 35.5. The predicted octanol–water partition coefficient (Wildman–Crippen LogP) is 3.08. The number of hydrogen-bond donors (Lipinski definition) is 0. The summed E-state index contributed by atoms with van der Waals surface area (Å²) in [5, 5.41) is 0. The van der Waals surface area contributed by atoms with Gasteiger partial charge in [0.25, 0.3) is 6.43 Å². The zero-order valence-electron chi connectivity index (χ0n) is 7.85. The van der Waals surface area contributed by atoms with Crippen molar-refractivity contribution in [1.82, 2.24) is 4.98 Å². The molecule has 0 aliphatic rings. The SMILES string of the molecule is COc1cc(CCl)c(C(F)F)nc1C. The lowest BCUT2D eigenvalue weighted by molar-refractivity contribution is 0.144. The minimum atomic E-state index is -2.60. The van der Waals surface area contributed by atoms with Crippen molar-refractivity contribution < 1.29 is 13.5 Å². The van der Waals surface area contributed by atoms with Crippen LogP contribution >= 0.6 is 11.6 Å². The van der Waals surface area contributed by atoms with Gasteiger partial charge in [0.15, 0.2) is 0 Å². The first-order valence-corrected chi connectivity index (χ1v) is 4.52. The molecule has 1 aromatic heterocycles. The van der Waals surface area contributed by atoms with Crippen LogP contribution < -0.4 is 4.74 Å². The number of ether oxygens (including phenoxy) is 1. The second-order valence-corrected chi connectivity index (χ2v) is 3.02. The number of aryl methyl sites for hydroxylation is 1. The predicted molar refractivity (Wildman–Crippen MR) is 50.0 cm³/mol. The van der Waals surface area contributed by atoms with Crippen molar-refractivity contribution in [3.8, 4) is 5.75 Å². The topological polar surface area (TPSA) is 22.1 Å². The van der Waals surface area contributed by atoms with Crippen LogP contribution in [0.25, 0.3) is 0 Å². The Labute approximate surface area is 85.9 Å². The number of pyridine rings is 1. The van der Waals surface area contributed by atoms with Crippen molar-refractivity contribution in [2.75, 3.05) is 7.11 Å². The molecule has 0 aliphatic heterocycles. The molecule has 0 atom stereocenters. The monoisotopic (exact) mass is 221 g/mol. The molecule has 2 nitrogen and oxygen atoms in total. The van der Waals surface area contributed by atoms with Crippen molar-refractivity contribution in [2.24, 2.45) is 0 Å². The molecule has 0 bridgehead atoms. The molecule has 0 saturated heterocycles. The van der Waals surface area contributed by atoms with Gasteiger partial charge in [-0.15, -0.1) is 11.6 Å². The zero-order chi connectivity index (χ0) is 10.7. The van der Waals surface area contributed by atoms with E-state index in [9.17, 15) is 8.78 Å².